The Bertz CT molecular complexity index is 726. The van der Waals surface area contributed by atoms with Gasteiger partial charge in [0.1, 0.15) is 0 Å². The van der Waals surface area contributed by atoms with Gasteiger partial charge in [0, 0.05) is 57.5 Å². The van der Waals surface area contributed by atoms with Crippen LogP contribution >= 0.6 is 0 Å². The second-order valence-electron chi connectivity index (χ2n) is 7.19. The standard InChI is InChI=1S/C19H24N4O/c1-21-9-3-5-17(21)14-22-10-6-19(15-22)7-11-23(18(19)24)13-16-4-2-8-20-12-16/h2-5,8-9,12H,6-7,10-11,13-15H2,1H3. The lowest BCUT2D eigenvalue weighted by Gasteiger charge is -2.24. The number of hydrogen-bond acceptors (Lipinski definition) is 3. The maximum absolute atomic E-state index is 13.0. The van der Waals surface area contributed by atoms with Gasteiger partial charge < -0.3 is 9.47 Å². The van der Waals surface area contributed by atoms with E-state index in [1.165, 1.54) is 5.69 Å². The summed E-state index contributed by atoms with van der Waals surface area (Å²) >= 11 is 0. The van der Waals surface area contributed by atoms with Gasteiger partial charge in [-0.2, -0.15) is 0 Å². The van der Waals surface area contributed by atoms with Crippen LogP contribution in [0.5, 0.6) is 0 Å². The number of pyridine rings is 1. The Hall–Kier alpha value is -2.14. The third-order valence-electron chi connectivity index (χ3n) is 5.57. The molecule has 4 rings (SSSR count). The van der Waals surface area contributed by atoms with E-state index in [1.54, 1.807) is 6.20 Å². The van der Waals surface area contributed by atoms with E-state index in [0.29, 0.717) is 12.5 Å². The molecule has 0 radical (unpaired) electrons. The summed E-state index contributed by atoms with van der Waals surface area (Å²) in [5.74, 6) is 0.334. The van der Waals surface area contributed by atoms with Crippen LogP contribution in [0.2, 0.25) is 0 Å². The van der Waals surface area contributed by atoms with Gasteiger partial charge in [0.2, 0.25) is 5.91 Å². The molecule has 24 heavy (non-hydrogen) atoms. The van der Waals surface area contributed by atoms with Gasteiger partial charge >= 0.3 is 0 Å². The fourth-order valence-electron chi connectivity index (χ4n) is 4.12. The minimum Gasteiger partial charge on any atom is -0.353 e. The van der Waals surface area contributed by atoms with Crippen LogP contribution in [0.15, 0.2) is 42.9 Å². The molecule has 2 fully saturated rings. The molecule has 2 aliphatic rings. The van der Waals surface area contributed by atoms with Crippen LogP contribution in [-0.2, 0) is 24.9 Å². The average Bonchev–Trinajstić information content (AvgIpc) is 3.27. The highest BCUT2D eigenvalue weighted by molar-refractivity contribution is 5.85. The molecule has 2 aliphatic heterocycles. The van der Waals surface area contributed by atoms with E-state index < -0.39 is 0 Å². The van der Waals surface area contributed by atoms with E-state index in [0.717, 1.165) is 44.6 Å². The fourth-order valence-corrected chi connectivity index (χ4v) is 4.12. The van der Waals surface area contributed by atoms with Crippen molar-refractivity contribution in [1.82, 2.24) is 19.4 Å². The van der Waals surface area contributed by atoms with Crippen LogP contribution in [0.25, 0.3) is 0 Å². The summed E-state index contributed by atoms with van der Waals surface area (Å²) in [5, 5.41) is 0. The summed E-state index contributed by atoms with van der Waals surface area (Å²) in [7, 11) is 2.08. The van der Waals surface area contributed by atoms with Crippen LogP contribution in [0, 0.1) is 5.41 Å². The molecule has 0 saturated carbocycles. The third-order valence-corrected chi connectivity index (χ3v) is 5.57. The van der Waals surface area contributed by atoms with Crippen molar-refractivity contribution in [2.24, 2.45) is 12.5 Å². The van der Waals surface area contributed by atoms with Crippen molar-refractivity contribution in [3.8, 4) is 0 Å². The van der Waals surface area contributed by atoms with Crippen molar-refractivity contribution >= 4 is 5.91 Å². The maximum atomic E-state index is 13.0. The summed E-state index contributed by atoms with van der Waals surface area (Å²) in [4.78, 5) is 21.6. The first kappa shape index (κ1) is 15.4. The zero-order valence-electron chi connectivity index (χ0n) is 14.2. The number of amides is 1. The predicted octanol–water partition coefficient (Wildman–Crippen LogP) is 2.04. The molecule has 0 bridgehead atoms. The molecule has 5 heteroatoms. The lowest BCUT2D eigenvalue weighted by atomic mass is 9.85. The minimum atomic E-state index is -0.159. The summed E-state index contributed by atoms with van der Waals surface area (Å²) in [6.07, 6.45) is 7.68. The quantitative estimate of drug-likeness (QED) is 0.864. The molecule has 5 nitrogen and oxygen atoms in total. The largest absolute Gasteiger partial charge is 0.353 e. The molecule has 1 spiro atoms. The Morgan fingerprint density at radius 1 is 1.17 bits per heavy atom. The molecule has 1 amide bonds. The van der Waals surface area contributed by atoms with Crippen LogP contribution in [0.3, 0.4) is 0 Å². The smallest absolute Gasteiger partial charge is 0.230 e. The summed E-state index contributed by atoms with van der Waals surface area (Å²) < 4.78 is 2.16. The monoisotopic (exact) mass is 324 g/mol. The van der Waals surface area contributed by atoms with Gasteiger partial charge in [-0.1, -0.05) is 6.07 Å². The zero-order chi connectivity index (χ0) is 16.6. The highest BCUT2D eigenvalue weighted by Gasteiger charge is 2.50. The van der Waals surface area contributed by atoms with Gasteiger partial charge in [0.25, 0.3) is 0 Å². The van der Waals surface area contributed by atoms with Crippen molar-refractivity contribution in [2.75, 3.05) is 19.6 Å². The Morgan fingerprint density at radius 2 is 2.04 bits per heavy atom. The lowest BCUT2D eigenvalue weighted by Crippen LogP contribution is -2.36. The van der Waals surface area contributed by atoms with Gasteiger partial charge in [-0.25, -0.2) is 0 Å². The molecular formula is C19H24N4O. The normalized spacial score (nSPS) is 24.4. The number of carbonyl (C=O) groups is 1. The molecular weight excluding hydrogens is 300 g/mol. The van der Waals surface area contributed by atoms with Crippen molar-refractivity contribution in [3.63, 3.8) is 0 Å². The van der Waals surface area contributed by atoms with Crippen molar-refractivity contribution in [3.05, 3.63) is 54.1 Å². The Kier molecular flexibility index (Phi) is 3.88. The van der Waals surface area contributed by atoms with Crippen molar-refractivity contribution < 1.29 is 4.79 Å². The van der Waals surface area contributed by atoms with Gasteiger partial charge in [-0.15, -0.1) is 0 Å². The SMILES string of the molecule is Cn1cccc1CN1CCC2(CCN(Cc3cccnc3)C2=O)C1. The van der Waals surface area contributed by atoms with Crippen molar-refractivity contribution in [1.29, 1.82) is 0 Å². The molecule has 0 aliphatic carbocycles. The predicted molar refractivity (Wildman–Crippen MR) is 92.0 cm³/mol. The number of likely N-dealkylation sites (tertiary alicyclic amines) is 2. The first-order valence-corrected chi connectivity index (χ1v) is 8.67. The highest BCUT2D eigenvalue weighted by atomic mass is 16.2. The number of carbonyl (C=O) groups excluding carboxylic acids is 1. The van der Waals surface area contributed by atoms with Gasteiger partial charge in [-0.05, 0) is 43.1 Å². The topological polar surface area (TPSA) is 41.4 Å². The van der Waals surface area contributed by atoms with E-state index in [1.807, 2.05) is 23.2 Å². The van der Waals surface area contributed by atoms with Gasteiger partial charge in [0.05, 0.1) is 5.41 Å². The second-order valence-corrected chi connectivity index (χ2v) is 7.19. The maximum Gasteiger partial charge on any atom is 0.230 e. The highest BCUT2D eigenvalue weighted by Crippen LogP contribution is 2.41. The molecule has 126 valence electrons. The summed E-state index contributed by atoms with van der Waals surface area (Å²) in [6, 6.07) is 8.22. The molecule has 0 N–H and O–H groups in total. The van der Waals surface area contributed by atoms with E-state index in [9.17, 15) is 4.79 Å². The van der Waals surface area contributed by atoms with Gasteiger partial charge in [0.15, 0.2) is 0 Å². The molecule has 1 atom stereocenters. The van der Waals surface area contributed by atoms with E-state index in [2.05, 4.69) is 39.8 Å². The van der Waals surface area contributed by atoms with Crippen LogP contribution < -0.4 is 0 Å². The Labute approximate surface area is 142 Å². The van der Waals surface area contributed by atoms with Crippen LogP contribution in [0.4, 0.5) is 0 Å². The molecule has 4 heterocycles. The lowest BCUT2D eigenvalue weighted by molar-refractivity contribution is -0.136. The number of hydrogen-bond donors (Lipinski definition) is 0. The number of aromatic nitrogens is 2. The van der Waals surface area contributed by atoms with Gasteiger partial charge in [-0.3, -0.25) is 14.7 Å². The Morgan fingerprint density at radius 3 is 2.79 bits per heavy atom. The number of nitrogens with zero attached hydrogens (tertiary/aromatic N) is 4. The van der Waals surface area contributed by atoms with Crippen LogP contribution in [0.1, 0.15) is 24.1 Å². The first-order valence-electron chi connectivity index (χ1n) is 8.67. The summed E-state index contributed by atoms with van der Waals surface area (Å²) in [6.45, 7) is 4.39. The zero-order valence-corrected chi connectivity index (χ0v) is 14.2. The minimum absolute atomic E-state index is 0.159. The number of rotatable bonds is 4. The Balaban J connectivity index is 1.41. The molecule has 1 unspecified atom stereocenters. The number of aryl methyl sites for hydroxylation is 1. The molecule has 0 aromatic carbocycles. The third kappa shape index (κ3) is 2.73. The molecule has 2 saturated heterocycles. The van der Waals surface area contributed by atoms with E-state index in [-0.39, 0.29) is 5.41 Å². The first-order chi connectivity index (χ1) is 11.7. The van der Waals surface area contributed by atoms with E-state index in [4.69, 9.17) is 0 Å². The molecule has 2 aromatic heterocycles. The van der Waals surface area contributed by atoms with Crippen molar-refractivity contribution in [2.45, 2.75) is 25.9 Å². The second kappa shape index (κ2) is 6.06. The summed E-state index contributed by atoms with van der Waals surface area (Å²) in [5.41, 5.74) is 2.26. The fraction of sp³-hybridized carbons (Fsp3) is 0.474. The van der Waals surface area contributed by atoms with E-state index >= 15 is 0 Å². The average molecular weight is 324 g/mol. The van der Waals surface area contributed by atoms with Crippen LogP contribution in [-0.4, -0.2) is 44.9 Å². The molecule has 2 aromatic rings.